The van der Waals surface area contributed by atoms with E-state index in [1.165, 1.54) is 0 Å². The number of amides is 2. The molecular formula is C17H19N3O4. The predicted molar refractivity (Wildman–Crippen MR) is 88.0 cm³/mol. The lowest BCUT2D eigenvalue weighted by molar-refractivity contribution is -0.132. The highest BCUT2D eigenvalue weighted by Gasteiger charge is 2.40. The zero-order valence-electron chi connectivity index (χ0n) is 13.8. The van der Waals surface area contributed by atoms with E-state index in [2.05, 4.69) is 10.5 Å². The van der Waals surface area contributed by atoms with Crippen molar-refractivity contribution >= 4 is 23.3 Å². The number of benzene rings is 1. The molecule has 0 bridgehead atoms. The molecule has 0 saturated heterocycles. The molecule has 7 heteroatoms. The van der Waals surface area contributed by atoms with Gasteiger partial charge in [-0.2, -0.15) is 0 Å². The van der Waals surface area contributed by atoms with Crippen molar-refractivity contribution in [1.82, 2.24) is 5.16 Å². The van der Waals surface area contributed by atoms with Crippen LogP contribution in [0.2, 0.25) is 0 Å². The van der Waals surface area contributed by atoms with Gasteiger partial charge >= 0.3 is 0 Å². The number of carbonyl (C=O) groups excluding carboxylic acids is 2. The third kappa shape index (κ3) is 3.10. The molecule has 1 aromatic carbocycles. The molecule has 7 nitrogen and oxygen atoms in total. The lowest BCUT2D eigenvalue weighted by atomic mass is 10.0. The number of rotatable bonds is 4. The smallest absolute Gasteiger partial charge is 0.270 e. The summed E-state index contributed by atoms with van der Waals surface area (Å²) in [5, 5.41) is 6.37. The van der Waals surface area contributed by atoms with Crippen LogP contribution in [-0.2, 0) is 9.59 Å². The quantitative estimate of drug-likeness (QED) is 0.931. The van der Waals surface area contributed by atoms with Gasteiger partial charge in [0.05, 0.1) is 5.69 Å². The van der Waals surface area contributed by atoms with Crippen LogP contribution in [0.3, 0.4) is 0 Å². The number of fused-ring (bicyclic) bond motifs is 1. The molecule has 1 aliphatic rings. The van der Waals surface area contributed by atoms with Crippen molar-refractivity contribution in [1.29, 1.82) is 0 Å². The van der Waals surface area contributed by atoms with Gasteiger partial charge in [-0.1, -0.05) is 17.3 Å². The Balaban J connectivity index is 1.71. The molecule has 0 unspecified atom stereocenters. The van der Waals surface area contributed by atoms with E-state index < -0.39 is 5.60 Å². The highest BCUT2D eigenvalue weighted by molar-refractivity contribution is 6.03. The fourth-order valence-corrected chi connectivity index (χ4v) is 2.59. The predicted octanol–water partition coefficient (Wildman–Crippen LogP) is 2.52. The minimum atomic E-state index is -0.964. The summed E-state index contributed by atoms with van der Waals surface area (Å²) >= 11 is 0. The van der Waals surface area contributed by atoms with Gasteiger partial charge in [0, 0.05) is 19.0 Å². The van der Waals surface area contributed by atoms with Crippen molar-refractivity contribution < 1.29 is 18.8 Å². The topological polar surface area (TPSA) is 84.7 Å². The Labute approximate surface area is 139 Å². The van der Waals surface area contributed by atoms with E-state index in [9.17, 15) is 9.59 Å². The highest BCUT2D eigenvalue weighted by Crippen LogP contribution is 2.37. The molecule has 2 heterocycles. The maximum Gasteiger partial charge on any atom is 0.270 e. The van der Waals surface area contributed by atoms with Crippen molar-refractivity contribution in [3.05, 3.63) is 36.1 Å². The molecule has 0 aliphatic carbocycles. The van der Waals surface area contributed by atoms with Gasteiger partial charge < -0.3 is 19.5 Å². The second kappa shape index (κ2) is 5.99. The maximum absolute atomic E-state index is 12.6. The molecule has 0 saturated carbocycles. The number of nitrogens with one attached hydrogen (secondary N) is 1. The molecule has 2 aromatic rings. The van der Waals surface area contributed by atoms with Crippen molar-refractivity contribution in [3.63, 3.8) is 0 Å². The van der Waals surface area contributed by atoms with Gasteiger partial charge in [-0.3, -0.25) is 9.59 Å². The van der Waals surface area contributed by atoms with Crippen LogP contribution in [0, 0.1) is 6.92 Å². The van der Waals surface area contributed by atoms with Gasteiger partial charge in [0.25, 0.3) is 5.91 Å². The van der Waals surface area contributed by atoms with Gasteiger partial charge in [-0.25, -0.2) is 0 Å². The van der Waals surface area contributed by atoms with E-state index in [1.54, 1.807) is 37.8 Å². The molecule has 2 amide bonds. The van der Waals surface area contributed by atoms with E-state index in [0.29, 0.717) is 23.0 Å². The first-order chi connectivity index (χ1) is 11.4. The van der Waals surface area contributed by atoms with Crippen LogP contribution < -0.4 is 15.0 Å². The largest absolute Gasteiger partial charge is 0.476 e. The number of carbonyl (C=O) groups is 2. The molecule has 1 aromatic heterocycles. The van der Waals surface area contributed by atoms with E-state index in [1.807, 2.05) is 18.2 Å². The molecule has 126 valence electrons. The second-order valence-corrected chi connectivity index (χ2v) is 6.16. The summed E-state index contributed by atoms with van der Waals surface area (Å²) in [6.07, 6.45) is 0.141. The summed E-state index contributed by atoms with van der Waals surface area (Å²) < 4.78 is 10.7. The first-order valence-electron chi connectivity index (χ1n) is 7.70. The number of ether oxygens (including phenoxy) is 1. The number of anilines is 2. The number of hydrogen-bond donors (Lipinski definition) is 1. The second-order valence-electron chi connectivity index (χ2n) is 6.16. The van der Waals surface area contributed by atoms with Crippen LogP contribution >= 0.6 is 0 Å². The third-order valence-corrected chi connectivity index (χ3v) is 3.74. The fraction of sp³-hybridized carbons (Fsp3) is 0.353. The maximum atomic E-state index is 12.6. The fourth-order valence-electron chi connectivity index (χ4n) is 2.59. The number of para-hydroxylation sites is 2. The normalized spacial score (nSPS) is 15.6. The summed E-state index contributed by atoms with van der Waals surface area (Å²) in [4.78, 5) is 26.3. The van der Waals surface area contributed by atoms with Crippen LogP contribution in [0.15, 0.2) is 34.9 Å². The summed E-state index contributed by atoms with van der Waals surface area (Å²) in [5.41, 5.74) is -0.291. The van der Waals surface area contributed by atoms with Gasteiger partial charge in [0.15, 0.2) is 11.4 Å². The van der Waals surface area contributed by atoms with Crippen molar-refractivity contribution in [3.8, 4) is 5.75 Å². The Kier molecular flexibility index (Phi) is 4.01. The summed E-state index contributed by atoms with van der Waals surface area (Å²) in [5.74, 6) is 1.20. The zero-order chi connectivity index (χ0) is 17.3. The van der Waals surface area contributed by atoms with Gasteiger partial charge in [0.2, 0.25) is 5.91 Å². The molecular weight excluding hydrogens is 310 g/mol. The van der Waals surface area contributed by atoms with E-state index in [4.69, 9.17) is 9.26 Å². The lowest BCUT2D eigenvalue weighted by Crippen LogP contribution is -2.53. The molecule has 0 spiro atoms. The summed E-state index contributed by atoms with van der Waals surface area (Å²) in [7, 11) is 0. The Bertz CT molecular complexity index is 782. The van der Waals surface area contributed by atoms with Crippen LogP contribution in [0.1, 0.15) is 26.0 Å². The molecule has 0 radical (unpaired) electrons. The van der Waals surface area contributed by atoms with E-state index in [0.717, 1.165) is 0 Å². The van der Waals surface area contributed by atoms with Crippen LogP contribution in [-0.4, -0.2) is 29.1 Å². The zero-order valence-corrected chi connectivity index (χ0v) is 13.8. The number of aromatic nitrogens is 1. The minimum Gasteiger partial charge on any atom is -0.476 e. The summed E-state index contributed by atoms with van der Waals surface area (Å²) in [6.45, 7) is 5.44. The third-order valence-electron chi connectivity index (χ3n) is 3.74. The number of nitrogens with zero attached hydrogens (tertiary/aromatic N) is 2. The highest BCUT2D eigenvalue weighted by atomic mass is 16.5. The van der Waals surface area contributed by atoms with E-state index in [-0.39, 0.29) is 24.8 Å². The van der Waals surface area contributed by atoms with Gasteiger partial charge in [-0.15, -0.1) is 0 Å². The standard InChI is InChI=1S/C17H19N3O4/c1-11-10-14(19-24-11)18-15(21)8-9-20-12-6-4-5-7-13(12)23-17(2,3)16(20)22/h4-7,10H,8-9H2,1-3H3,(H,18,19,21). The monoisotopic (exact) mass is 329 g/mol. The number of hydrogen-bond acceptors (Lipinski definition) is 5. The molecule has 24 heavy (non-hydrogen) atoms. The minimum absolute atomic E-state index is 0.141. The van der Waals surface area contributed by atoms with Crippen LogP contribution in [0.25, 0.3) is 0 Å². The van der Waals surface area contributed by atoms with Crippen LogP contribution in [0.4, 0.5) is 11.5 Å². The molecule has 1 aliphatic heterocycles. The van der Waals surface area contributed by atoms with Crippen molar-refractivity contribution in [2.45, 2.75) is 32.8 Å². The Morgan fingerprint density at radius 2 is 2.08 bits per heavy atom. The molecule has 0 fully saturated rings. The van der Waals surface area contributed by atoms with E-state index >= 15 is 0 Å². The Hall–Kier alpha value is -2.83. The summed E-state index contributed by atoms with van der Waals surface area (Å²) in [6, 6.07) is 8.94. The molecule has 3 rings (SSSR count). The van der Waals surface area contributed by atoms with Crippen molar-refractivity contribution in [2.24, 2.45) is 0 Å². The Morgan fingerprint density at radius 3 is 2.79 bits per heavy atom. The average Bonchev–Trinajstić information content (AvgIpc) is 2.92. The molecule has 0 atom stereocenters. The van der Waals surface area contributed by atoms with Crippen molar-refractivity contribution in [2.75, 3.05) is 16.8 Å². The van der Waals surface area contributed by atoms with Gasteiger partial charge in [0.1, 0.15) is 11.5 Å². The molecule has 1 N–H and O–H groups in total. The van der Waals surface area contributed by atoms with Crippen LogP contribution in [0.5, 0.6) is 5.75 Å². The lowest BCUT2D eigenvalue weighted by Gasteiger charge is -2.38. The first-order valence-corrected chi connectivity index (χ1v) is 7.70. The number of aryl methyl sites for hydroxylation is 1. The average molecular weight is 329 g/mol. The SMILES string of the molecule is Cc1cc(NC(=O)CCN2C(=O)C(C)(C)Oc3ccccc32)no1. The Morgan fingerprint density at radius 1 is 1.33 bits per heavy atom. The van der Waals surface area contributed by atoms with Gasteiger partial charge in [-0.05, 0) is 32.9 Å². The first kappa shape index (κ1) is 16.0.